The zero-order valence-corrected chi connectivity index (χ0v) is 14.7. The first kappa shape index (κ1) is 16.5. The largest absolute Gasteiger partial charge is 0.482 e. The van der Waals surface area contributed by atoms with Crippen LogP contribution in [0.2, 0.25) is 0 Å². The number of amides is 4. The minimum atomic E-state index is -0.612. The van der Waals surface area contributed by atoms with Crippen molar-refractivity contribution in [3.05, 3.63) is 18.2 Å². The highest BCUT2D eigenvalue weighted by Gasteiger charge is 2.49. The van der Waals surface area contributed by atoms with Gasteiger partial charge < -0.3 is 29.5 Å². The molecule has 138 valence electrons. The Morgan fingerprint density at radius 2 is 2.04 bits per heavy atom. The molecule has 0 bridgehead atoms. The fraction of sp³-hybridized carbons (Fsp3) is 0.471. The molecule has 0 saturated carbocycles. The SMILES string of the molecule is CN1CC2(CCN(C(=O)Nc3ccc4c(c3)N(C)C(=O)CO4)C2)OC1=O. The number of rotatable bonds is 1. The first-order valence-corrected chi connectivity index (χ1v) is 8.40. The third-order valence-corrected chi connectivity index (χ3v) is 5.04. The fourth-order valence-electron chi connectivity index (χ4n) is 3.58. The lowest BCUT2D eigenvalue weighted by atomic mass is 10.0. The molecule has 9 heteroatoms. The summed E-state index contributed by atoms with van der Waals surface area (Å²) in [6.07, 6.45) is 0.265. The number of nitrogens with zero attached hydrogens (tertiary/aromatic N) is 3. The van der Waals surface area contributed by atoms with Crippen LogP contribution in [0.25, 0.3) is 0 Å². The van der Waals surface area contributed by atoms with Crippen molar-refractivity contribution in [3.63, 3.8) is 0 Å². The number of fused-ring (bicyclic) bond motifs is 1. The quantitative estimate of drug-likeness (QED) is 0.810. The molecule has 2 saturated heterocycles. The van der Waals surface area contributed by atoms with Gasteiger partial charge in [0.2, 0.25) is 0 Å². The molecular weight excluding hydrogens is 340 g/mol. The summed E-state index contributed by atoms with van der Waals surface area (Å²) in [6, 6.07) is 4.90. The van der Waals surface area contributed by atoms with Gasteiger partial charge in [-0.25, -0.2) is 9.59 Å². The molecule has 2 fully saturated rings. The minimum absolute atomic E-state index is 0.0121. The van der Waals surface area contributed by atoms with Gasteiger partial charge in [-0.1, -0.05) is 0 Å². The molecule has 3 heterocycles. The molecule has 4 rings (SSSR count). The number of benzene rings is 1. The van der Waals surface area contributed by atoms with Crippen molar-refractivity contribution in [2.45, 2.75) is 12.0 Å². The van der Waals surface area contributed by atoms with E-state index in [1.165, 1.54) is 9.80 Å². The lowest BCUT2D eigenvalue weighted by molar-refractivity contribution is -0.120. The van der Waals surface area contributed by atoms with E-state index < -0.39 is 5.60 Å². The summed E-state index contributed by atoms with van der Waals surface area (Å²) in [7, 11) is 3.36. The lowest BCUT2D eigenvalue weighted by Gasteiger charge is -2.26. The van der Waals surface area contributed by atoms with Crippen LogP contribution in [0.1, 0.15) is 6.42 Å². The topological polar surface area (TPSA) is 91.4 Å². The Morgan fingerprint density at radius 1 is 1.23 bits per heavy atom. The number of anilines is 2. The number of likely N-dealkylation sites (tertiary alicyclic amines) is 1. The molecule has 0 radical (unpaired) electrons. The zero-order valence-electron chi connectivity index (χ0n) is 14.7. The van der Waals surface area contributed by atoms with Gasteiger partial charge >= 0.3 is 12.1 Å². The van der Waals surface area contributed by atoms with E-state index in [1.54, 1.807) is 37.2 Å². The van der Waals surface area contributed by atoms with Crippen LogP contribution in [0.4, 0.5) is 21.0 Å². The van der Waals surface area contributed by atoms with Gasteiger partial charge in [-0.3, -0.25) is 4.79 Å². The number of carbonyl (C=O) groups is 3. The Balaban J connectivity index is 1.45. The van der Waals surface area contributed by atoms with E-state index in [0.29, 0.717) is 43.2 Å². The van der Waals surface area contributed by atoms with Crippen LogP contribution in [0.5, 0.6) is 5.75 Å². The molecule has 1 aromatic rings. The highest BCUT2D eigenvalue weighted by atomic mass is 16.6. The second-order valence-corrected chi connectivity index (χ2v) is 6.93. The highest BCUT2D eigenvalue weighted by Crippen LogP contribution is 2.35. The Kier molecular flexibility index (Phi) is 3.67. The van der Waals surface area contributed by atoms with Crippen LogP contribution in [0.15, 0.2) is 18.2 Å². The number of hydrogen-bond acceptors (Lipinski definition) is 5. The molecule has 0 aliphatic carbocycles. The van der Waals surface area contributed by atoms with E-state index in [4.69, 9.17) is 9.47 Å². The number of hydrogen-bond donors (Lipinski definition) is 1. The van der Waals surface area contributed by atoms with Gasteiger partial charge in [0.05, 0.1) is 18.8 Å². The Bertz CT molecular complexity index is 797. The molecule has 1 spiro atoms. The summed E-state index contributed by atoms with van der Waals surface area (Å²) >= 11 is 0. The summed E-state index contributed by atoms with van der Waals surface area (Å²) in [5.74, 6) is 0.459. The predicted molar refractivity (Wildman–Crippen MR) is 92.4 cm³/mol. The molecule has 3 aliphatic rings. The normalized spacial score (nSPS) is 24.6. The Morgan fingerprint density at radius 3 is 2.77 bits per heavy atom. The van der Waals surface area contributed by atoms with Crippen LogP contribution in [0, 0.1) is 0 Å². The second kappa shape index (κ2) is 5.79. The number of carbonyl (C=O) groups excluding carboxylic acids is 3. The van der Waals surface area contributed by atoms with Gasteiger partial charge in [0, 0.05) is 32.7 Å². The van der Waals surface area contributed by atoms with E-state index in [9.17, 15) is 14.4 Å². The number of likely N-dealkylation sites (N-methyl/N-ethyl adjacent to an activating group) is 2. The van der Waals surface area contributed by atoms with Crippen LogP contribution in [-0.4, -0.2) is 73.8 Å². The van der Waals surface area contributed by atoms with Gasteiger partial charge in [-0.2, -0.15) is 0 Å². The van der Waals surface area contributed by atoms with Crippen molar-refractivity contribution in [3.8, 4) is 5.75 Å². The van der Waals surface area contributed by atoms with Crippen molar-refractivity contribution in [2.75, 3.05) is 50.6 Å². The third kappa shape index (κ3) is 2.69. The molecule has 1 N–H and O–H groups in total. The average Bonchev–Trinajstić information content (AvgIpc) is 3.14. The summed E-state index contributed by atoms with van der Waals surface area (Å²) in [6.45, 7) is 1.37. The second-order valence-electron chi connectivity index (χ2n) is 6.93. The van der Waals surface area contributed by atoms with Crippen molar-refractivity contribution >= 4 is 29.4 Å². The number of nitrogens with one attached hydrogen (secondary N) is 1. The van der Waals surface area contributed by atoms with E-state index in [2.05, 4.69) is 5.32 Å². The maximum Gasteiger partial charge on any atom is 0.410 e. The van der Waals surface area contributed by atoms with E-state index in [0.717, 1.165) is 0 Å². The van der Waals surface area contributed by atoms with E-state index >= 15 is 0 Å². The smallest absolute Gasteiger partial charge is 0.410 e. The van der Waals surface area contributed by atoms with E-state index in [1.807, 2.05) is 0 Å². The summed E-state index contributed by atoms with van der Waals surface area (Å²) in [5, 5.41) is 2.84. The maximum absolute atomic E-state index is 12.6. The Hall–Kier alpha value is -2.97. The lowest BCUT2D eigenvalue weighted by Crippen LogP contribution is -2.40. The van der Waals surface area contributed by atoms with Gasteiger partial charge in [-0.15, -0.1) is 0 Å². The third-order valence-electron chi connectivity index (χ3n) is 5.04. The van der Waals surface area contributed by atoms with Crippen LogP contribution in [0.3, 0.4) is 0 Å². The van der Waals surface area contributed by atoms with Crippen LogP contribution < -0.4 is 15.0 Å². The molecule has 26 heavy (non-hydrogen) atoms. The van der Waals surface area contributed by atoms with Crippen LogP contribution >= 0.6 is 0 Å². The first-order valence-electron chi connectivity index (χ1n) is 8.40. The molecule has 1 aromatic carbocycles. The standard InChI is InChI=1S/C17H20N4O5/c1-19-9-17(26-16(19)24)5-6-21(10-17)15(23)18-11-3-4-13-12(7-11)20(2)14(22)8-25-13/h3-4,7H,5-6,8-10H2,1-2H3,(H,18,23). The van der Waals surface area contributed by atoms with Gasteiger partial charge in [0.25, 0.3) is 5.91 Å². The van der Waals surface area contributed by atoms with Crippen molar-refractivity contribution in [1.82, 2.24) is 9.80 Å². The van der Waals surface area contributed by atoms with Gasteiger partial charge in [-0.05, 0) is 18.2 Å². The predicted octanol–water partition coefficient (Wildman–Crippen LogP) is 1.10. The highest BCUT2D eigenvalue weighted by molar-refractivity contribution is 5.99. The monoisotopic (exact) mass is 360 g/mol. The Labute approximate surface area is 150 Å². The minimum Gasteiger partial charge on any atom is -0.482 e. The maximum atomic E-state index is 12.6. The summed E-state index contributed by atoms with van der Waals surface area (Å²) in [5.41, 5.74) is 0.572. The summed E-state index contributed by atoms with van der Waals surface area (Å²) in [4.78, 5) is 40.6. The fourth-order valence-corrected chi connectivity index (χ4v) is 3.58. The van der Waals surface area contributed by atoms with Crippen molar-refractivity contribution in [1.29, 1.82) is 0 Å². The summed E-state index contributed by atoms with van der Waals surface area (Å²) < 4.78 is 10.8. The van der Waals surface area contributed by atoms with Gasteiger partial charge in [0.1, 0.15) is 5.75 Å². The molecule has 3 aliphatic heterocycles. The molecule has 9 nitrogen and oxygen atoms in total. The first-order chi connectivity index (χ1) is 12.4. The molecule has 1 unspecified atom stereocenters. The van der Waals surface area contributed by atoms with Crippen molar-refractivity contribution < 1.29 is 23.9 Å². The van der Waals surface area contributed by atoms with Gasteiger partial charge in [0.15, 0.2) is 12.2 Å². The van der Waals surface area contributed by atoms with Crippen LogP contribution in [-0.2, 0) is 9.53 Å². The average molecular weight is 360 g/mol. The zero-order chi connectivity index (χ0) is 18.5. The molecular formula is C17H20N4O5. The molecule has 4 amide bonds. The van der Waals surface area contributed by atoms with E-state index in [-0.39, 0.29) is 24.6 Å². The molecule has 0 aromatic heterocycles. The number of ether oxygens (including phenoxy) is 2. The number of urea groups is 1. The molecule has 1 atom stereocenters. The van der Waals surface area contributed by atoms with Crippen molar-refractivity contribution in [2.24, 2.45) is 0 Å².